The van der Waals surface area contributed by atoms with Gasteiger partial charge >= 0.3 is 0 Å². The first-order valence-corrected chi connectivity index (χ1v) is 2.49. The van der Waals surface area contributed by atoms with Crippen LogP contribution in [0, 0.1) is 0 Å². The highest BCUT2D eigenvalue weighted by Crippen LogP contribution is 1.92. The molecule has 4 heteroatoms. The third kappa shape index (κ3) is 1.58. The summed E-state index contributed by atoms with van der Waals surface area (Å²) in [5.74, 6) is -1.04. The second-order valence-corrected chi connectivity index (χ2v) is 1.98. The molecule has 0 unspecified atom stereocenters. The van der Waals surface area contributed by atoms with Gasteiger partial charge in [-0.3, -0.25) is 9.59 Å². The van der Waals surface area contributed by atoms with Gasteiger partial charge in [0.25, 0.3) is 0 Å². The van der Waals surface area contributed by atoms with Crippen LogP contribution in [0.15, 0.2) is 0 Å². The first-order chi connectivity index (χ1) is 3.89. The summed E-state index contributed by atoms with van der Waals surface area (Å²) < 4.78 is 0. The van der Waals surface area contributed by atoms with E-state index in [-0.39, 0.29) is 0 Å². The summed E-state index contributed by atoms with van der Waals surface area (Å²) in [7, 11) is 0. The summed E-state index contributed by atoms with van der Waals surface area (Å²) in [5.41, 5.74) is 8.38. The van der Waals surface area contributed by atoms with E-state index in [2.05, 4.69) is 0 Å². The van der Waals surface area contributed by atoms with Crippen LogP contribution in [-0.2, 0) is 9.59 Å². The van der Waals surface area contributed by atoms with Gasteiger partial charge in [0, 0.05) is 0 Å². The maximum absolute atomic E-state index is 10.4. The van der Waals surface area contributed by atoms with E-state index < -0.39 is 17.2 Å². The molecular weight excluding hydrogens is 120 g/mol. The Kier molecular flexibility index (Phi) is 2.06. The topological polar surface area (TPSA) is 86.2 Å². The van der Waals surface area contributed by atoms with Gasteiger partial charge in [0.15, 0.2) is 17.2 Å². The van der Waals surface area contributed by atoms with Crippen LogP contribution in [0.2, 0.25) is 0 Å². The molecule has 4 N–H and O–H groups in total. The van der Waals surface area contributed by atoms with Crippen molar-refractivity contribution in [1.82, 2.24) is 0 Å². The molecule has 0 heterocycles. The van der Waals surface area contributed by atoms with Crippen molar-refractivity contribution in [3.63, 3.8) is 0 Å². The van der Waals surface area contributed by atoms with Gasteiger partial charge in [0.2, 0.25) is 0 Å². The predicted molar refractivity (Wildman–Crippen MR) is 32.5 cm³/mol. The maximum Gasteiger partial charge on any atom is 0.183 e. The number of hydrogen-bond acceptors (Lipinski definition) is 4. The zero-order valence-corrected chi connectivity index (χ0v) is 5.47. The van der Waals surface area contributed by atoms with E-state index in [0.29, 0.717) is 0 Å². The van der Waals surface area contributed by atoms with Gasteiger partial charge in [0.05, 0.1) is 0 Å². The molecule has 0 bridgehead atoms. The van der Waals surface area contributed by atoms with Crippen LogP contribution in [0.3, 0.4) is 0 Å². The van der Waals surface area contributed by atoms with Gasteiger partial charge in [-0.15, -0.1) is 0 Å². The van der Waals surface area contributed by atoms with Crippen molar-refractivity contribution in [2.75, 3.05) is 0 Å². The molecule has 0 fully saturated rings. The number of carbonyl (C=O) groups excluding carboxylic acids is 2. The minimum Gasteiger partial charge on any atom is -0.301 e. The van der Waals surface area contributed by atoms with Crippen molar-refractivity contribution in [2.45, 2.75) is 19.5 Å². The van der Waals surface area contributed by atoms with E-state index in [4.69, 9.17) is 11.5 Å². The third-order valence-corrected chi connectivity index (χ3v) is 1.17. The van der Waals surface area contributed by atoms with E-state index in [1.165, 1.54) is 13.8 Å². The van der Waals surface area contributed by atoms with E-state index in [9.17, 15) is 9.59 Å². The number of Topliss-reactive ketones (excluding diaryl/α,β-unsaturated/α-hetero) is 2. The minimum absolute atomic E-state index is 0.519. The largest absolute Gasteiger partial charge is 0.301 e. The second-order valence-electron chi connectivity index (χ2n) is 1.98. The SMILES string of the molecule is CC(=O)C(N)(N)C(C)=O. The van der Waals surface area contributed by atoms with Crippen LogP contribution in [-0.4, -0.2) is 17.2 Å². The molecule has 0 aromatic carbocycles. The fourth-order valence-electron chi connectivity index (χ4n) is 0.248. The van der Waals surface area contributed by atoms with E-state index >= 15 is 0 Å². The Morgan fingerprint density at radius 3 is 1.33 bits per heavy atom. The number of rotatable bonds is 2. The molecule has 0 rings (SSSR count). The van der Waals surface area contributed by atoms with Crippen molar-refractivity contribution in [1.29, 1.82) is 0 Å². The molecule has 0 saturated heterocycles. The Bertz CT molecular complexity index is 135. The molecule has 4 nitrogen and oxygen atoms in total. The highest BCUT2D eigenvalue weighted by atomic mass is 16.2. The molecule has 0 aliphatic heterocycles. The van der Waals surface area contributed by atoms with Crippen LogP contribution >= 0.6 is 0 Å². The van der Waals surface area contributed by atoms with Gasteiger partial charge in [-0.25, -0.2) is 0 Å². The number of ketones is 2. The standard InChI is InChI=1S/C5H10N2O2/c1-3(8)5(6,7)4(2)9/h6-7H2,1-2H3. The Labute approximate surface area is 53.2 Å². The van der Waals surface area contributed by atoms with Gasteiger partial charge in [-0.05, 0) is 13.8 Å². The fourth-order valence-corrected chi connectivity index (χ4v) is 0.248. The highest BCUT2D eigenvalue weighted by Gasteiger charge is 2.30. The van der Waals surface area contributed by atoms with Crippen LogP contribution < -0.4 is 11.5 Å². The van der Waals surface area contributed by atoms with Gasteiger partial charge in [-0.1, -0.05) is 0 Å². The lowest BCUT2D eigenvalue weighted by molar-refractivity contribution is -0.131. The van der Waals surface area contributed by atoms with Crippen molar-refractivity contribution in [2.24, 2.45) is 11.5 Å². The molecule has 0 radical (unpaired) electrons. The summed E-state index contributed by atoms with van der Waals surface area (Å²) in [6.07, 6.45) is 0. The first-order valence-electron chi connectivity index (χ1n) is 2.49. The van der Waals surface area contributed by atoms with E-state index in [0.717, 1.165) is 0 Å². The molecule has 0 aromatic heterocycles. The lowest BCUT2D eigenvalue weighted by atomic mass is 10.0. The molecule has 0 aliphatic rings. The molecule has 9 heavy (non-hydrogen) atoms. The molecule has 0 aromatic rings. The minimum atomic E-state index is -1.78. The predicted octanol–water partition coefficient (Wildman–Crippen LogP) is -1.22. The molecule has 0 atom stereocenters. The summed E-state index contributed by atoms with van der Waals surface area (Å²) in [6, 6.07) is 0. The monoisotopic (exact) mass is 130 g/mol. The van der Waals surface area contributed by atoms with Gasteiger partial charge in [0.1, 0.15) is 0 Å². The summed E-state index contributed by atoms with van der Waals surface area (Å²) >= 11 is 0. The van der Waals surface area contributed by atoms with Crippen LogP contribution in [0.25, 0.3) is 0 Å². The second kappa shape index (κ2) is 2.24. The number of hydrogen-bond donors (Lipinski definition) is 2. The van der Waals surface area contributed by atoms with E-state index in [1.807, 2.05) is 0 Å². The maximum atomic E-state index is 10.4. The molecule has 0 spiro atoms. The molecular formula is C5H10N2O2. The Balaban J connectivity index is 4.38. The molecule has 0 amide bonds. The Hall–Kier alpha value is -0.740. The van der Waals surface area contributed by atoms with Gasteiger partial charge in [-0.2, -0.15) is 0 Å². The van der Waals surface area contributed by atoms with Crippen molar-refractivity contribution < 1.29 is 9.59 Å². The number of carbonyl (C=O) groups is 2. The first kappa shape index (κ1) is 8.26. The van der Waals surface area contributed by atoms with Gasteiger partial charge < -0.3 is 11.5 Å². The van der Waals surface area contributed by atoms with Crippen molar-refractivity contribution >= 4 is 11.6 Å². The van der Waals surface area contributed by atoms with Crippen molar-refractivity contribution in [3.8, 4) is 0 Å². The van der Waals surface area contributed by atoms with Crippen LogP contribution in [0.5, 0.6) is 0 Å². The lowest BCUT2D eigenvalue weighted by Gasteiger charge is -2.15. The fraction of sp³-hybridized carbons (Fsp3) is 0.600. The van der Waals surface area contributed by atoms with Crippen LogP contribution in [0.1, 0.15) is 13.8 Å². The average Bonchev–Trinajstić information content (AvgIpc) is 1.65. The quantitative estimate of drug-likeness (QED) is 0.362. The molecule has 52 valence electrons. The molecule has 0 saturated carbocycles. The lowest BCUT2D eigenvalue weighted by Crippen LogP contribution is -2.60. The third-order valence-electron chi connectivity index (χ3n) is 1.17. The summed E-state index contributed by atoms with van der Waals surface area (Å²) in [5, 5.41) is 0. The average molecular weight is 130 g/mol. The van der Waals surface area contributed by atoms with Crippen molar-refractivity contribution in [3.05, 3.63) is 0 Å². The smallest absolute Gasteiger partial charge is 0.183 e. The highest BCUT2D eigenvalue weighted by molar-refractivity contribution is 6.08. The van der Waals surface area contributed by atoms with E-state index in [1.54, 1.807) is 0 Å². The Morgan fingerprint density at radius 1 is 1.11 bits per heavy atom. The molecule has 0 aliphatic carbocycles. The Morgan fingerprint density at radius 2 is 1.33 bits per heavy atom. The summed E-state index contributed by atoms with van der Waals surface area (Å²) in [4.78, 5) is 20.9. The zero-order valence-electron chi connectivity index (χ0n) is 5.47. The number of nitrogens with two attached hydrogens (primary N) is 2. The van der Waals surface area contributed by atoms with Crippen LogP contribution in [0.4, 0.5) is 0 Å². The zero-order chi connectivity index (χ0) is 7.65. The normalized spacial score (nSPS) is 11.1. The summed E-state index contributed by atoms with van der Waals surface area (Å²) in [6.45, 7) is 2.36.